The van der Waals surface area contributed by atoms with Crippen LogP contribution in [0, 0.1) is 0 Å². The summed E-state index contributed by atoms with van der Waals surface area (Å²) in [7, 11) is 1.17. The highest BCUT2D eigenvalue weighted by Crippen LogP contribution is 2.38. The maximum absolute atomic E-state index is 12.8. The molecular weight excluding hydrogens is 882 g/mol. The van der Waals surface area contributed by atoms with E-state index in [1.54, 1.807) is 0 Å². The maximum atomic E-state index is 12.8. The molecule has 0 bridgehead atoms. The second-order valence-electron chi connectivity index (χ2n) is 21.0. The number of hydrogen-bond acceptors (Lipinski definition) is 8. The van der Waals surface area contributed by atoms with Crippen molar-refractivity contribution in [1.82, 2.24) is 0 Å². The van der Waals surface area contributed by atoms with E-state index in [1.165, 1.54) is 180 Å². The molecule has 0 aliphatic carbocycles. The molecular formula is C59H112NO8P. The third kappa shape index (κ3) is 55.4. The lowest BCUT2D eigenvalue weighted by Gasteiger charge is -2.28. The van der Waals surface area contributed by atoms with E-state index >= 15 is 0 Å². The van der Waals surface area contributed by atoms with Crippen molar-refractivity contribution in [3.8, 4) is 0 Å². The Bertz CT molecular complexity index is 1260. The number of phosphoric acid groups is 1. The Balaban J connectivity index is 4.06. The van der Waals surface area contributed by atoms with Crippen LogP contribution in [0.15, 0.2) is 36.5 Å². The van der Waals surface area contributed by atoms with Crippen LogP contribution in [-0.2, 0) is 32.7 Å². The number of allylic oxidation sites excluding steroid dienone is 6. The summed E-state index contributed by atoms with van der Waals surface area (Å²) < 4.78 is 34.1. The summed E-state index contributed by atoms with van der Waals surface area (Å²) >= 11 is 0. The summed E-state index contributed by atoms with van der Waals surface area (Å²) in [6, 6.07) is 0. The first-order valence-electron chi connectivity index (χ1n) is 29.2. The zero-order valence-electron chi connectivity index (χ0n) is 46.0. The molecule has 0 aliphatic rings. The summed E-state index contributed by atoms with van der Waals surface area (Å²) in [6.45, 7) is 4.16. The molecule has 10 heteroatoms. The lowest BCUT2D eigenvalue weighted by molar-refractivity contribution is -0.870. The molecule has 0 aliphatic heterocycles. The molecule has 0 fully saturated rings. The molecule has 0 radical (unpaired) electrons. The van der Waals surface area contributed by atoms with Crippen molar-refractivity contribution in [3.63, 3.8) is 0 Å². The zero-order chi connectivity index (χ0) is 50.6. The van der Waals surface area contributed by atoms with Gasteiger partial charge in [-0.05, 0) is 44.9 Å². The van der Waals surface area contributed by atoms with E-state index in [2.05, 4.69) is 50.3 Å². The van der Waals surface area contributed by atoms with Gasteiger partial charge in [0.1, 0.15) is 19.8 Å². The largest absolute Gasteiger partial charge is 0.756 e. The van der Waals surface area contributed by atoms with Gasteiger partial charge in [-0.3, -0.25) is 14.2 Å². The van der Waals surface area contributed by atoms with Crippen molar-refractivity contribution >= 4 is 19.8 Å². The van der Waals surface area contributed by atoms with Crippen LogP contribution in [0.4, 0.5) is 0 Å². The van der Waals surface area contributed by atoms with E-state index in [0.29, 0.717) is 17.4 Å². The molecule has 406 valence electrons. The highest BCUT2D eigenvalue weighted by Gasteiger charge is 2.22. The monoisotopic (exact) mass is 994 g/mol. The zero-order valence-corrected chi connectivity index (χ0v) is 46.9. The van der Waals surface area contributed by atoms with Gasteiger partial charge in [0.2, 0.25) is 0 Å². The van der Waals surface area contributed by atoms with E-state index < -0.39 is 26.5 Å². The van der Waals surface area contributed by atoms with E-state index in [1.807, 2.05) is 21.1 Å². The smallest absolute Gasteiger partial charge is 0.306 e. The highest BCUT2D eigenvalue weighted by molar-refractivity contribution is 7.45. The van der Waals surface area contributed by atoms with Gasteiger partial charge in [-0.25, -0.2) is 0 Å². The van der Waals surface area contributed by atoms with Gasteiger partial charge >= 0.3 is 11.9 Å². The first-order valence-corrected chi connectivity index (χ1v) is 30.7. The number of hydrogen-bond donors (Lipinski definition) is 0. The van der Waals surface area contributed by atoms with Gasteiger partial charge in [0.05, 0.1) is 27.7 Å². The predicted molar refractivity (Wildman–Crippen MR) is 291 cm³/mol. The molecule has 2 unspecified atom stereocenters. The molecule has 0 saturated heterocycles. The number of unbranched alkanes of at least 4 members (excludes halogenated alkanes) is 34. The molecule has 0 spiro atoms. The second-order valence-corrected chi connectivity index (χ2v) is 22.4. The standard InChI is InChI=1S/C59H112NO8P/c1-6-8-10-12-14-16-18-20-22-24-25-26-27-28-29-30-31-32-33-34-36-37-39-41-43-45-47-49-51-58(61)65-55-57(56-67-69(63,64)66-54-53-60(3,4)5)68-59(62)52-50-48-46-44-42-40-38-35-23-21-19-17-15-13-11-9-7-2/h9,11,15,17,21,23,57H,6-8,10,12-14,16,18-20,22,24-56H2,1-5H3/b11-9-,17-15-,23-21-. The molecule has 0 aromatic carbocycles. The van der Waals surface area contributed by atoms with Crippen LogP contribution in [0.1, 0.15) is 277 Å². The Hall–Kier alpha value is -1.77. The average molecular weight is 995 g/mol. The topological polar surface area (TPSA) is 111 Å². The summed E-state index contributed by atoms with van der Waals surface area (Å²) in [6.07, 6.45) is 62.0. The minimum atomic E-state index is -4.63. The first-order chi connectivity index (χ1) is 33.5. The fourth-order valence-corrected chi connectivity index (χ4v) is 9.17. The Kier molecular flexibility index (Phi) is 49.8. The number of ether oxygens (including phenoxy) is 2. The van der Waals surface area contributed by atoms with Gasteiger partial charge in [-0.1, -0.05) is 256 Å². The first kappa shape index (κ1) is 67.2. The fourth-order valence-electron chi connectivity index (χ4n) is 8.44. The lowest BCUT2D eigenvalue weighted by Crippen LogP contribution is -2.37. The van der Waals surface area contributed by atoms with Crippen LogP contribution in [0.25, 0.3) is 0 Å². The summed E-state index contributed by atoms with van der Waals surface area (Å²) in [5, 5.41) is 0. The number of likely N-dealkylation sites (N-methyl/N-ethyl adjacent to an activating group) is 1. The van der Waals surface area contributed by atoms with E-state index in [-0.39, 0.29) is 32.0 Å². The normalized spacial score (nSPS) is 13.5. The molecule has 0 saturated carbocycles. The molecule has 69 heavy (non-hydrogen) atoms. The van der Waals surface area contributed by atoms with Gasteiger partial charge in [-0.2, -0.15) is 0 Å². The Morgan fingerprint density at radius 1 is 0.464 bits per heavy atom. The number of carbonyl (C=O) groups excluding carboxylic acids is 2. The van der Waals surface area contributed by atoms with Crippen LogP contribution >= 0.6 is 7.82 Å². The number of carbonyl (C=O) groups is 2. The predicted octanol–water partition coefficient (Wildman–Crippen LogP) is 17.4. The van der Waals surface area contributed by atoms with Crippen LogP contribution in [0.3, 0.4) is 0 Å². The van der Waals surface area contributed by atoms with E-state index in [4.69, 9.17) is 18.5 Å². The van der Waals surface area contributed by atoms with Crippen molar-refractivity contribution in [2.24, 2.45) is 0 Å². The average Bonchev–Trinajstić information content (AvgIpc) is 3.31. The van der Waals surface area contributed by atoms with Gasteiger partial charge in [0, 0.05) is 12.8 Å². The van der Waals surface area contributed by atoms with Gasteiger partial charge < -0.3 is 27.9 Å². The Morgan fingerprint density at radius 3 is 1.23 bits per heavy atom. The van der Waals surface area contributed by atoms with E-state index in [9.17, 15) is 19.0 Å². The van der Waals surface area contributed by atoms with Gasteiger partial charge in [0.25, 0.3) is 7.82 Å². The molecule has 9 nitrogen and oxygen atoms in total. The third-order valence-electron chi connectivity index (χ3n) is 12.9. The number of nitrogens with zero attached hydrogens (tertiary/aromatic N) is 1. The molecule has 0 aromatic rings. The second kappa shape index (κ2) is 51.1. The maximum Gasteiger partial charge on any atom is 0.306 e. The van der Waals surface area contributed by atoms with Crippen molar-refractivity contribution in [2.75, 3.05) is 47.5 Å². The summed E-state index contributed by atoms with van der Waals surface area (Å²) in [5.74, 6) is -0.833. The lowest BCUT2D eigenvalue weighted by atomic mass is 10.0. The number of quaternary nitrogens is 1. The van der Waals surface area contributed by atoms with Crippen LogP contribution in [0.5, 0.6) is 0 Å². The number of rotatable bonds is 54. The number of phosphoric ester groups is 1. The molecule has 0 N–H and O–H groups in total. The third-order valence-corrected chi connectivity index (χ3v) is 13.9. The summed E-state index contributed by atoms with van der Waals surface area (Å²) in [4.78, 5) is 37.8. The fraction of sp³-hybridized carbons (Fsp3) is 0.864. The molecule has 0 rings (SSSR count). The molecule has 0 amide bonds. The van der Waals surface area contributed by atoms with E-state index in [0.717, 1.165) is 64.2 Å². The summed E-state index contributed by atoms with van der Waals surface area (Å²) in [5.41, 5.74) is 0. The van der Waals surface area contributed by atoms with Crippen LogP contribution in [-0.4, -0.2) is 70.0 Å². The van der Waals surface area contributed by atoms with Crippen LogP contribution < -0.4 is 4.89 Å². The molecule has 2 atom stereocenters. The van der Waals surface area contributed by atoms with Crippen molar-refractivity contribution < 1.29 is 42.1 Å². The molecule has 0 aromatic heterocycles. The highest BCUT2D eigenvalue weighted by atomic mass is 31.2. The van der Waals surface area contributed by atoms with Gasteiger partial charge in [-0.15, -0.1) is 0 Å². The minimum absolute atomic E-state index is 0.0319. The molecule has 0 heterocycles. The van der Waals surface area contributed by atoms with Crippen molar-refractivity contribution in [3.05, 3.63) is 36.5 Å². The Labute approximate surface area is 427 Å². The minimum Gasteiger partial charge on any atom is -0.756 e. The van der Waals surface area contributed by atoms with Crippen molar-refractivity contribution in [1.29, 1.82) is 0 Å². The SMILES string of the molecule is CC/C=C\C/C=C\C/C=C\CCCCCCCCCC(=O)OC(COC(=O)CCCCCCCCCCCCCCCCCCCCCCCCCCCCCC)COP(=O)([O-])OCC[N+](C)(C)C. The number of esters is 2. The van der Waals surface area contributed by atoms with Gasteiger partial charge in [0.15, 0.2) is 6.10 Å². The van der Waals surface area contributed by atoms with Crippen molar-refractivity contribution in [2.45, 2.75) is 283 Å². The van der Waals surface area contributed by atoms with Crippen LogP contribution in [0.2, 0.25) is 0 Å². The quantitative estimate of drug-likeness (QED) is 0.0195. The Morgan fingerprint density at radius 2 is 0.826 bits per heavy atom.